The number of nitrogen functional groups attached to an aromatic ring is 1. The highest BCUT2D eigenvalue weighted by Gasteiger charge is 2.70. The second-order valence-corrected chi connectivity index (χ2v) is 16.7. The second-order valence-electron chi connectivity index (χ2n) is 12.4. The molecule has 5 fully saturated rings. The number of nitrogens with zero attached hydrogens (tertiary/aromatic N) is 7. The average molecular weight is 696 g/mol. The number of ether oxygens (including phenoxy) is 2. The maximum absolute atomic E-state index is 13.9. The summed E-state index contributed by atoms with van der Waals surface area (Å²) in [6, 6.07) is -0.520. The molecule has 7 heterocycles. The van der Waals surface area contributed by atoms with Gasteiger partial charge in [-0.3, -0.25) is 27.5 Å². The summed E-state index contributed by atoms with van der Waals surface area (Å²) < 4.78 is 66.6. The number of phosphoric ester groups is 1. The molecule has 244 valence electrons. The minimum absolute atomic E-state index is 0.129. The first-order valence-corrected chi connectivity index (χ1v) is 18.5. The minimum atomic E-state index is -4.73. The Kier molecular flexibility index (Phi) is 6.17. The minimum Gasteiger partial charge on any atom is -0.382 e. The van der Waals surface area contributed by atoms with Crippen molar-refractivity contribution in [1.82, 2.24) is 39.0 Å². The zero-order valence-corrected chi connectivity index (χ0v) is 26.6. The van der Waals surface area contributed by atoms with Crippen LogP contribution in [0.1, 0.15) is 30.9 Å². The maximum atomic E-state index is 13.9. The Labute approximate surface area is 263 Å². The Morgan fingerprint density at radius 3 is 2.67 bits per heavy atom. The van der Waals surface area contributed by atoms with E-state index in [4.69, 9.17) is 33.3 Å². The summed E-state index contributed by atoms with van der Waals surface area (Å²) >= 11 is 4.33. The molecule has 1 unspecified atom stereocenters. The highest BCUT2D eigenvalue weighted by molar-refractivity contribution is 8.44. The Hall–Kier alpha value is -2.77. The number of aromatic amines is 1. The molecule has 9 rings (SSSR count). The largest absolute Gasteiger partial charge is 0.472 e. The van der Waals surface area contributed by atoms with Crippen molar-refractivity contribution in [3.63, 3.8) is 0 Å². The summed E-state index contributed by atoms with van der Waals surface area (Å²) in [5.74, 6) is 0.313. The van der Waals surface area contributed by atoms with E-state index in [2.05, 4.69) is 42.2 Å². The van der Waals surface area contributed by atoms with Crippen molar-refractivity contribution in [2.75, 3.05) is 25.6 Å². The van der Waals surface area contributed by atoms with Crippen LogP contribution in [-0.4, -0.2) is 87.7 Å². The molecule has 5 aliphatic rings. The number of fused-ring (bicyclic) bond motifs is 2. The third-order valence-electron chi connectivity index (χ3n) is 9.68. The lowest BCUT2D eigenvalue weighted by Crippen LogP contribution is -2.45. The monoisotopic (exact) mass is 695 g/mol. The molecule has 4 aromatic heterocycles. The van der Waals surface area contributed by atoms with Crippen molar-refractivity contribution in [1.29, 1.82) is 0 Å². The van der Waals surface area contributed by atoms with Gasteiger partial charge in [0.15, 0.2) is 28.9 Å². The SMILES string of the molecule is Cc1nc2c(ncn2[C@@H]2C[C@]34COP(=O)(O)O[C@H]5[C@H]6OC[C@]5(CO[P@](=O)(S)O[C@@H]2[C@@H]3C4)O[C@H]6n2cnc3c(N)ncnc32)c(=O)[nH]1. The Bertz CT molecular complexity index is 2090. The Morgan fingerprint density at radius 2 is 1.83 bits per heavy atom. The van der Waals surface area contributed by atoms with Gasteiger partial charge in [0.1, 0.15) is 35.5 Å². The van der Waals surface area contributed by atoms with Crippen LogP contribution in [0.25, 0.3) is 22.3 Å². The van der Waals surface area contributed by atoms with Crippen LogP contribution in [0.3, 0.4) is 0 Å². The number of thiol groups is 1. The lowest BCUT2D eigenvalue weighted by molar-refractivity contribution is -0.182. The Morgan fingerprint density at radius 1 is 1.02 bits per heavy atom. The Balaban J connectivity index is 1.07. The summed E-state index contributed by atoms with van der Waals surface area (Å²) in [5.41, 5.74) is 4.54. The number of aryl methyl sites for hydroxylation is 1. The zero-order valence-electron chi connectivity index (χ0n) is 23.9. The van der Waals surface area contributed by atoms with E-state index in [1.54, 1.807) is 16.1 Å². The molecule has 0 amide bonds. The van der Waals surface area contributed by atoms with Crippen LogP contribution in [-0.2, 0) is 36.7 Å². The van der Waals surface area contributed by atoms with Crippen LogP contribution in [0.15, 0.2) is 23.8 Å². The molecule has 4 bridgehead atoms. The molecule has 22 heteroatoms. The van der Waals surface area contributed by atoms with Gasteiger partial charge in [0.25, 0.3) is 5.56 Å². The van der Waals surface area contributed by atoms with Crippen LogP contribution >= 0.6 is 26.9 Å². The van der Waals surface area contributed by atoms with Crippen molar-refractivity contribution in [2.45, 2.75) is 55.9 Å². The zero-order chi connectivity index (χ0) is 31.8. The van der Waals surface area contributed by atoms with Gasteiger partial charge < -0.3 is 29.7 Å². The third kappa shape index (κ3) is 4.32. The summed E-state index contributed by atoms with van der Waals surface area (Å²) in [5, 5.41) is 0. The van der Waals surface area contributed by atoms with E-state index in [-0.39, 0.29) is 30.5 Å². The lowest BCUT2D eigenvalue weighted by atomic mass is 10.0. The number of rotatable bonds is 2. The van der Waals surface area contributed by atoms with Crippen molar-refractivity contribution in [3.8, 4) is 0 Å². The first-order valence-electron chi connectivity index (χ1n) is 14.4. The molecule has 4 N–H and O–H groups in total. The van der Waals surface area contributed by atoms with Crippen LogP contribution < -0.4 is 11.3 Å². The molecule has 10 atom stereocenters. The predicted molar refractivity (Wildman–Crippen MR) is 157 cm³/mol. The van der Waals surface area contributed by atoms with Crippen LogP contribution in [0.5, 0.6) is 0 Å². The van der Waals surface area contributed by atoms with Gasteiger partial charge in [-0.05, 0) is 25.7 Å². The third-order valence-corrected chi connectivity index (χ3v) is 12.2. The summed E-state index contributed by atoms with van der Waals surface area (Å²) in [6.07, 6.45) is 1.31. The van der Waals surface area contributed by atoms with Crippen molar-refractivity contribution < 1.29 is 41.6 Å². The molecule has 0 radical (unpaired) electrons. The molecule has 3 aliphatic heterocycles. The molecule has 0 aromatic carbocycles. The van der Waals surface area contributed by atoms with Gasteiger partial charge in [-0.15, -0.1) is 0 Å². The van der Waals surface area contributed by atoms with Crippen molar-refractivity contribution in [3.05, 3.63) is 35.2 Å². The maximum Gasteiger partial charge on any atom is 0.472 e. The molecule has 2 saturated carbocycles. The van der Waals surface area contributed by atoms with E-state index in [1.807, 2.05) is 0 Å². The van der Waals surface area contributed by atoms with Crippen molar-refractivity contribution in [2.24, 2.45) is 11.3 Å². The summed E-state index contributed by atoms with van der Waals surface area (Å²) in [7, 11) is -4.73. The van der Waals surface area contributed by atoms with Gasteiger partial charge in [0, 0.05) is 5.41 Å². The van der Waals surface area contributed by atoms with Gasteiger partial charge in [-0.2, -0.15) is 0 Å². The van der Waals surface area contributed by atoms with Crippen LogP contribution in [0.2, 0.25) is 0 Å². The lowest BCUT2D eigenvalue weighted by Gasteiger charge is -2.33. The predicted octanol–water partition coefficient (Wildman–Crippen LogP) is 1.42. The topological polar surface area (TPSA) is 243 Å². The molecule has 4 aromatic rings. The van der Waals surface area contributed by atoms with Gasteiger partial charge in [-0.1, -0.05) is 12.2 Å². The highest BCUT2D eigenvalue weighted by atomic mass is 32.7. The summed E-state index contributed by atoms with van der Waals surface area (Å²) in [6.45, 7) is -3.19. The second kappa shape index (κ2) is 9.65. The van der Waals surface area contributed by atoms with Gasteiger partial charge in [-0.25, -0.2) is 34.0 Å². The first-order chi connectivity index (χ1) is 21.9. The molecule has 3 saturated heterocycles. The van der Waals surface area contributed by atoms with Gasteiger partial charge >= 0.3 is 14.6 Å². The number of phosphoric acid groups is 1. The van der Waals surface area contributed by atoms with E-state index < -0.39 is 68.4 Å². The number of H-pyrrole nitrogens is 1. The standard InChI is InChI=1S/C24H27N9O10P2S/c1-10-30-20-14(21(34)31-10)29-8-32(20)12-3-23-2-11(23)15(12)42-45(37,46)40-6-24-5-38-16(17(24)43-44(35,36)39-4-23)22(41-24)33-9-28-13-18(25)26-7-27-19(13)33/h7-9,11-12,15-17,22H,2-6H2,1H3,(H,35,36)(H,37,46)(H2,25,26,27)(H,30,31,34)/t11-,12+,15+,16+,17-,22+,23+,24+,45-/m0/s1. The molecule has 0 spiro atoms. The smallest absolute Gasteiger partial charge is 0.382 e. The number of imidazole rings is 2. The molecule has 46 heavy (non-hydrogen) atoms. The number of hydrogen-bond donors (Lipinski definition) is 4. The number of nitrogens with one attached hydrogen (secondary N) is 1. The molecule has 2 aliphatic carbocycles. The fraction of sp³-hybridized carbons (Fsp3) is 0.583. The number of nitrogens with two attached hydrogens (primary N) is 1. The van der Waals surface area contributed by atoms with Gasteiger partial charge in [0.2, 0.25) is 0 Å². The van der Waals surface area contributed by atoms with Crippen molar-refractivity contribution >= 4 is 55.0 Å². The van der Waals surface area contributed by atoms with Gasteiger partial charge in [0.05, 0.1) is 44.6 Å². The average Bonchev–Trinajstić information content (AvgIpc) is 3.48. The van der Waals surface area contributed by atoms with Crippen LogP contribution in [0, 0.1) is 18.3 Å². The quantitative estimate of drug-likeness (QED) is 0.171. The number of hydrogen-bond acceptors (Lipinski definition) is 15. The number of anilines is 1. The normalized spacial score (nSPS) is 42.0. The number of aromatic nitrogens is 8. The van der Waals surface area contributed by atoms with Crippen LogP contribution in [0.4, 0.5) is 5.82 Å². The first kappa shape index (κ1) is 29.4. The van der Waals surface area contributed by atoms with E-state index in [1.165, 1.54) is 19.0 Å². The highest BCUT2D eigenvalue weighted by Crippen LogP contribution is 2.72. The molecular weight excluding hydrogens is 668 g/mol. The van der Waals surface area contributed by atoms with E-state index >= 15 is 0 Å². The fourth-order valence-corrected chi connectivity index (χ4v) is 10.1. The van der Waals surface area contributed by atoms with E-state index in [0.29, 0.717) is 35.5 Å². The fourth-order valence-electron chi connectivity index (χ4n) is 7.47. The molecular formula is C24H27N9O10P2S. The summed E-state index contributed by atoms with van der Waals surface area (Å²) in [4.78, 5) is 47.4. The van der Waals surface area contributed by atoms with E-state index in [0.717, 1.165) is 0 Å². The van der Waals surface area contributed by atoms with E-state index in [9.17, 15) is 18.8 Å². The molecule has 19 nitrogen and oxygen atoms in total.